The summed E-state index contributed by atoms with van der Waals surface area (Å²) in [6.45, 7) is 1.10. The van der Waals surface area contributed by atoms with Crippen molar-refractivity contribution < 1.29 is 35.9 Å². The second-order valence-electron chi connectivity index (χ2n) is 6.83. The minimum Gasteiger partial charge on any atom is -0.452 e. The van der Waals surface area contributed by atoms with Crippen LogP contribution in [0.3, 0.4) is 0 Å². The van der Waals surface area contributed by atoms with Gasteiger partial charge in [0.1, 0.15) is 0 Å². The van der Waals surface area contributed by atoms with Gasteiger partial charge >= 0.3 is 6.18 Å². The summed E-state index contributed by atoms with van der Waals surface area (Å²) in [4.78, 5) is 19.5. The van der Waals surface area contributed by atoms with Crippen LogP contribution < -0.4 is 11.1 Å². The molecule has 1 aliphatic heterocycles. The number of anilines is 1. The average Bonchev–Trinajstić information content (AvgIpc) is 2.62. The first-order valence-electron chi connectivity index (χ1n) is 8.51. The average molecular weight is 467 g/mol. The lowest BCUT2D eigenvalue weighted by Crippen LogP contribution is -2.46. The van der Waals surface area contributed by atoms with E-state index in [-0.39, 0.29) is 10.7 Å². The fourth-order valence-corrected chi connectivity index (χ4v) is 3.19. The molecule has 0 fully saturated rings. The molecule has 2 aromatic rings. The van der Waals surface area contributed by atoms with E-state index in [1.165, 1.54) is 0 Å². The van der Waals surface area contributed by atoms with Crippen molar-refractivity contribution in [3.63, 3.8) is 0 Å². The van der Waals surface area contributed by atoms with Gasteiger partial charge in [0.2, 0.25) is 0 Å². The highest BCUT2D eigenvalue weighted by Gasteiger charge is 2.50. The lowest BCUT2D eigenvalue weighted by atomic mass is 9.85. The van der Waals surface area contributed by atoms with Crippen molar-refractivity contribution in [3.8, 4) is 0 Å². The van der Waals surface area contributed by atoms with Crippen molar-refractivity contribution in [2.24, 2.45) is 10.7 Å². The number of alkyl halides is 3. The van der Waals surface area contributed by atoms with E-state index < -0.39 is 64.9 Å². The Labute approximate surface area is 176 Å². The van der Waals surface area contributed by atoms with Crippen LogP contribution in [0.4, 0.5) is 32.0 Å². The van der Waals surface area contributed by atoms with Crippen LogP contribution in [-0.4, -0.2) is 29.2 Å². The maximum Gasteiger partial charge on any atom is 0.425 e. The van der Waals surface area contributed by atoms with Gasteiger partial charge in [-0.2, -0.15) is 13.2 Å². The summed E-state index contributed by atoms with van der Waals surface area (Å²) in [7, 11) is 0. The summed E-state index contributed by atoms with van der Waals surface area (Å²) < 4.78 is 86.5. The summed E-state index contributed by atoms with van der Waals surface area (Å²) in [5.74, 6) is -5.17. The molecule has 0 saturated carbocycles. The number of hydrogen-bond donors (Lipinski definition) is 2. The fraction of sp³-hybridized carbons (Fsp3) is 0.278. The lowest BCUT2D eigenvalue weighted by Gasteiger charge is -2.36. The molecular weight excluding hydrogens is 454 g/mol. The van der Waals surface area contributed by atoms with Crippen LogP contribution in [-0.2, 0) is 10.3 Å². The van der Waals surface area contributed by atoms with E-state index in [2.05, 4.69) is 20.0 Å². The molecule has 0 saturated heterocycles. The number of nitrogens with one attached hydrogen (secondary N) is 1. The van der Waals surface area contributed by atoms with E-state index >= 15 is 0 Å². The predicted molar refractivity (Wildman–Crippen MR) is 98.0 cm³/mol. The third kappa shape index (κ3) is 4.68. The number of hydrogen-bond acceptors (Lipinski definition) is 5. The summed E-state index contributed by atoms with van der Waals surface area (Å²) in [6, 6.07) is 1.40. The number of rotatable bonds is 3. The molecule has 2 atom stereocenters. The summed E-state index contributed by atoms with van der Waals surface area (Å²) >= 11 is 5.56. The van der Waals surface area contributed by atoms with Crippen molar-refractivity contribution >= 4 is 29.2 Å². The summed E-state index contributed by atoms with van der Waals surface area (Å²) in [5.41, 5.74) is 1.67. The molecule has 13 heteroatoms. The van der Waals surface area contributed by atoms with Gasteiger partial charge in [0.05, 0.1) is 10.6 Å². The standard InChI is InChI=1S/C18H13ClF6N4O2/c1-17(5-12(18(23,24)25)31-16(26)29-17)9-3-8(4-10(20)13(9)22)28-15(30)14-11(21)2-7(19)6-27-14/h2-4,6,12H,5H2,1H3,(H2,26,29)(H,28,30). The van der Waals surface area contributed by atoms with Gasteiger partial charge in [-0.3, -0.25) is 4.79 Å². The van der Waals surface area contributed by atoms with Crippen molar-refractivity contribution in [2.75, 3.05) is 5.32 Å². The van der Waals surface area contributed by atoms with Gasteiger partial charge in [-0.1, -0.05) is 11.6 Å². The molecule has 31 heavy (non-hydrogen) atoms. The minimum absolute atomic E-state index is 0.0775. The minimum atomic E-state index is -4.85. The number of benzene rings is 1. The molecule has 2 unspecified atom stereocenters. The molecule has 3 N–H and O–H groups in total. The number of aromatic nitrogens is 1. The van der Waals surface area contributed by atoms with E-state index in [0.717, 1.165) is 25.3 Å². The highest BCUT2D eigenvalue weighted by Crippen LogP contribution is 2.41. The topological polar surface area (TPSA) is 89.6 Å². The van der Waals surface area contributed by atoms with Crippen LogP contribution in [0.25, 0.3) is 0 Å². The van der Waals surface area contributed by atoms with E-state index in [1.54, 1.807) is 0 Å². The van der Waals surface area contributed by atoms with Crippen molar-refractivity contribution in [2.45, 2.75) is 31.2 Å². The van der Waals surface area contributed by atoms with Gasteiger partial charge in [0.15, 0.2) is 29.2 Å². The maximum absolute atomic E-state index is 14.5. The van der Waals surface area contributed by atoms with Gasteiger partial charge in [-0.25, -0.2) is 23.1 Å². The van der Waals surface area contributed by atoms with Gasteiger partial charge in [0, 0.05) is 29.9 Å². The zero-order chi connectivity index (χ0) is 23.1. The molecule has 0 radical (unpaired) electrons. The van der Waals surface area contributed by atoms with Gasteiger partial charge in [-0.05, 0) is 19.1 Å². The van der Waals surface area contributed by atoms with Crippen LogP contribution in [0, 0.1) is 17.5 Å². The first kappa shape index (κ1) is 22.7. The quantitative estimate of drug-likeness (QED) is 0.661. The smallest absolute Gasteiger partial charge is 0.425 e. The lowest BCUT2D eigenvalue weighted by molar-refractivity contribution is -0.208. The van der Waals surface area contributed by atoms with Crippen LogP contribution >= 0.6 is 11.6 Å². The van der Waals surface area contributed by atoms with Crippen LogP contribution in [0.2, 0.25) is 5.02 Å². The molecule has 1 amide bonds. The number of nitrogens with two attached hydrogens (primary N) is 1. The van der Waals surface area contributed by atoms with E-state index in [4.69, 9.17) is 17.3 Å². The van der Waals surface area contributed by atoms with Crippen molar-refractivity contribution in [3.05, 3.63) is 58.1 Å². The molecule has 0 spiro atoms. The van der Waals surface area contributed by atoms with Crippen molar-refractivity contribution in [1.82, 2.24) is 4.98 Å². The molecular formula is C18H13ClF6N4O2. The van der Waals surface area contributed by atoms with Gasteiger partial charge in [0.25, 0.3) is 11.9 Å². The SMILES string of the molecule is CC1(c2cc(NC(=O)c3ncc(Cl)cc3F)cc(F)c2F)CC(C(F)(F)F)OC(N)=N1. The first-order chi connectivity index (χ1) is 14.3. The molecule has 166 valence electrons. The van der Waals surface area contributed by atoms with E-state index in [9.17, 15) is 31.1 Å². The maximum atomic E-state index is 14.5. The number of carbonyl (C=O) groups excluding carboxylic acids is 1. The Kier molecular flexibility index (Phi) is 5.78. The monoisotopic (exact) mass is 466 g/mol. The normalized spacial score (nSPS) is 21.3. The Morgan fingerprint density at radius 1 is 1.26 bits per heavy atom. The van der Waals surface area contributed by atoms with Crippen LogP contribution in [0.15, 0.2) is 29.4 Å². The molecule has 2 heterocycles. The van der Waals surface area contributed by atoms with Gasteiger partial charge in [-0.15, -0.1) is 0 Å². The fourth-order valence-electron chi connectivity index (χ4n) is 3.04. The van der Waals surface area contributed by atoms with E-state index in [0.29, 0.717) is 6.07 Å². The molecule has 1 aliphatic rings. The number of ether oxygens (including phenoxy) is 1. The number of carbonyl (C=O) groups is 1. The zero-order valence-corrected chi connectivity index (χ0v) is 16.3. The molecule has 0 aliphatic carbocycles. The molecule has 1 aromatic carbocycles. The van der Waals surface area contributed by atoms with Crippen LogP contribution in [0.5, 0.6) is 0 Å². The second kappa shape index (κ2) is 7.91. The van der Waals surface area contributed by atoms with Gasteiger partial charge < -0.3 is 15.8 Å². The number of nitrogens with zero attached hydrogens (tertiary/aromatic N) is 2. The number of amides is 1. The van der Waals surface area contributed by atoms with Crippen molar-refractivity contribution in [1.29, 1.82) is 0 Å². The Hall–Kier alpha value is -3.02. The number of halogens is 7. The van der Waals surface area contributed by atoms with E-state index in [1.807, 2.05) is 0 Å². The highest BCUT2D eigenvalue weighted by molar-refractivity contribution is 6.30. The summed E-state index contributed by atoms with van der Waals surface area (Å²) in [6.07, 6.45) is -7.17. The number of amidine groups is 1. The molecule has 6 nitrogen and oxygen atoms in total. The Morgan fingerprint density at radius 3 is 2.55 bits per heavy atom. The van der Waals surface area contributed by atoms with Crippen LogP contribution in [0.1, 0.15) is 29.4 Å². The Morgan fingerprint density at radius 2 is 1.94 bits per heavy atom. The molecule has 1 aromatic heterocycles. The highest BCUT2D eigenvalue weighted by atomic mass is 35.5. The third-order valence-corrected chi connectivity index (χ3v) is 4.66. The Balaban J connectivity index is 1.99. The molecule has 0 bridgehead atoms. The zero-order valence-electron chi connectivity index (χ0n) is 15.5. The third-order valence-electron chi connectivity index (χ3n) is 4.46. The first-order valence-corrected chi connectivity index (χ1v) is 8.88. The second-order valence-corrected chi connectivity index (χ2v) is 7.27. The number of pyridine rings is 1. The number of aliphatic imine (C=N–C) groups is 1. The summed E-state index contributed by atoms with van der Waals surface area (Å²) in [5, 5.41) is 2.03. The largest absolute Gasteiger partial charge is 0.452 e. The molecule has 3 rings (SSSR count). The predicted octanol–water partition coefficient (Wildman–Crippen LogP) is 4.29. The Bertz CT molecular complexity index is 1080.